The number of aliphatic hydroxyl groups is 1. The largest absolute Gasteiger partial charge is 0.495 e. The van der Waals surface area contributed by atoms with Gasteiger partial charge in [0.25, 0.3) is 0 Å². The first-order valence-corrected chi connectivity index (χ1v) is 9.64. The van der Waals surface area contributed by atoms with Crippen molar-refractivity contribution >= 4 is 11.5 Å². The summed E-state index contributed by atoms with van der Waals surface area (Å²) in [5, 5.41) is 19.2. The quantitative estimate of drug-likeness (QED) is 0.487. The number of ether oxygens (including phenoxy) is 1. The molecule has 1 saturated heterocycles. The molecule has 1 aliphatic rings. The first kappa shape index (κ1) is 23.0. The van der Waals surface area contributed by atoms with E-state index < -0.39 is 58.6 Å². The third-order valence-corrected chi connectivity index (χ3v) is 5.33. The molecule has 0 aromatic carbocycles. The summed E-state index contributed by atoms with van der Waals surface area (Å²) in [6.45, 7) is 0.720. The molecular weight excluding hydrogens is 458 g/mol. The summed E-state index contributed by atoms with van der Waals surface area (Å²) in [6.07, 6.45) is -5.39. The van der Waals surface area contributed by atoms with Crippen LogP contribution in [0.25, 0.3) is 17.0 Å². The SMILES string of the molecule is COc1cc2ncc(-c3nc(N[C@H]4CNC[C@@H]4F)c(F)cc3F)n2nc1C(C)(O)C(F)(F)F. The summed E-state index contributed by atoms with van der Waals surface area (Å²) >= 11 is 0. The fraction of sp³-hybridized carbons (Fsp3) is 0.421. The standard InChI is InChI=1S/C19H18F6N6O2/c1-18(32,19(23,24)25)16-13(33-2)4-14-27-7-12(31(14)30-16)15-8(20)3-9(21)17(29-15)28-11-6-26-5-10(11)22/h3-4,7,10-11,26,32H,5-6H2,1-2H3,(H,28,29)/t10-,11-,18?/m0/s1. The highest BCUT2D eigenvalue weighted by molar-refractivity contribution is 5.63. The van der Waals surface area contributed by atoms with Gasteiger partial charge in [0.05, 0.1) is 19.3 Å². The molecule has 1 fully saturated rings. The van der Waals surface area contributed by atoms with Crippen molar-refractivity contribution in [2.24, 2.45) is 0 Å². The van der Waals surface area contributed by atoms with Gasteiger partial charge in [-0.3, -0.25) is 0 Å². The number of methoxy groups -OCH3 is 1. The van der Waals surface area contributed by atoms with Crippen molar-refractivity contribution in [3.63, 3.8) is 0 Å². The molecule has 0 aliphatic carbocycles. The Balaban J connectivity index is 1.85. The molecule has 0 saturated carbocycles. The number of nitrogens with one attached hydrogen (secondary N) is 2. The summed E-state index contributed by atoms with van der Waals surface area (Å²) in [6, 6.07) is 0.768. The van der Waals surface area contributed by atoms with E-state index in [0.29, 0.717) is 13.0 Å². The van der Waals surface area contributed by atoms with E-state index in [1.165, 1.54) is 0 Å². The molecule has 0 spiro atoms. The van der Waals surface area contributed by atoms with Gasteiger partial charge >= 0.3 is 6.18 Å². The number of imidazole rings is 1. The molecule has 1 aliphatic heterocycles. The van der Waals surface area contributed by atoms with Gasteiger partial charge in [-0.2, -0.15) is 18.3 Å². The summed E-state index contributed by atoms with van der Waals surface area (Å²) in [4.78, 5) is 7.84. The monoisotopic (exact) mass is 476 g/mol. The lowest BCUT2D eigenvalue weighted by Crippen LogP contribution is -2.40. The molecule has 178 valence electrons. The van der Waals surface area contributed by atoms with Gasteiger partial charge < -0.3 is 20.5 Å². The molecule has 3 atom stereocenters. The first-order chi connectivity index (χ1) is 15.4. The smallest absolute Gasteiger partial charge is 0.422 e. The van der Waals surface area contributed by atoms with Gasteiger partial charge in [-0.05, 0) is 6.92 Å². The Morgan fingerprint density at radius 3 is 2.55 bits per heavy atom. The van der Waals surface area contributed by atoms with E-state index in [4.69, 9.17) is 4.74 Å². The lowest BCUT2D eigenvalue weighted by molar-refractivity contribution is -0.261. The molecular formula is C19H18F6N6O2. The zero-order valence-corrected chi connectivity index (χ0v) is 17.2. The fourth-order valence-corrected chi connectivity index (χ4v) is 3.40. The van der Waals surface area contributed by atoms with Gasteiger partial charge in [-0.25, -0.2) is 27.7 Å². The Bertz CT molecular complexity index is 1200. The molecule has 3 aromatic heterocycles. The highest BCUT2D eigenvalue weighted by Crippen LogP contribution is 2.41. The molecule has 0 radical (unpaired) electrons. The van der Waals surface area contributed by atoms with Crippen LogP contribution in [0.2, 0.25) is 0 Å². The average molecular weight is 476 g/mol. The minimum absolute atomic E-state index is 0.0487. The van der Waals surface area contributed by atoms with Gasteiger partial charge in [0.1, 0.15) is 29.0 Å². The lowest BCUT2D eigenvalue weighted by atomic mass is 10.0. The average Bonchev–Trinajstić information content (AvgIpc) is 3.33. The molecule has 14 heteroatoms. The van der Waals surface area contributed by atoms with Crippen LogP contribution < -0.4 is 15.4 Å². The summed E-state index contributed by atoms with van der Waals surface area (Å²) in [5.74, 6) is -3.09. The zero-order chi connectivity index (χ0) is 24.1. The van der Waals surface area contributed by atoms with Crippen molar-refractivity contribution in [2.75, 3.05) is 25.5 Å². The van der Waals surface area contributed by atoms with Gasteiger partial charge in [-0.15, -0.1) is 0 Å². The predicted molar refractivity (Wildman–Crippen MR) is 103 cm³/mol. The van der Waals surface area contributed by atoms with Crippen LogP contribution >= 0.6 is 0 Å². The number of fused-ring (bicyclic) bond motifs is 1. The van der Waals surface area contributed by atoms with E-state index in [1.54, 1.807) is 0 Å². The Morgan fingerprint density at radius 1 is 1.21 bits per heavy atom. The highest BCUT2D eigenvalue weighted by atomic mass is 19.4. The van der Waals surface area contributed by atoms with Crippen molar-refractivity contribution in [3.05, 3.63) is 35.7 Å². The van der Waals surface area contributed by atoms with Gasteiger partial charge in [0.2, 0.25) is 5.60 Å². The van der Waals surface area contributed by atoms with Crippen LogP contribution in [0.1, 0.15) is 12.6 Å². The normalized spacial score (nSPS) is 20.8. The second-order valence-corrected chi connectivity index (χ2v) is 7.62. The van der Waals surface area contributed by atoms with Crippen LogP contribution in [-0.2, 0) is 5.60 Å². The van der Waals surface area contributed by atoms with Gasteiger partial charge in [0.15, 0.2) is 23.1 Å². The number of nitrogens with zero attached hydrogens (tertiary/aromatic N) is 4. The van der Waals surface area contributed by atoms with Crippen molar-refractivity contribution in [2.45, 2.75) is 30.9 Å². The first-order valence-electron chi connectivity index (χ1n) is 9.64. The Labute approximate surface area is 182 Å². The van der Waals surface area contributed by atoms with Crippen LogP contribution in [0.5, 0.6) is 5.75 Å². The van der Waals surface area contributed by atoms with Crippen LogP contribution in [0, 0.1) is 11.6 Å². The number of rotatable bonds is 5. The lowest BCUT2D eigenvalue weighted by Gasteiger charge is -2.26. The number of hydrogen-bond acceptors (Lipinski definition) is 7. The van der Waals surface area contributed by atoms with Gasteiger partial charge in [-0.1, -0.05) is 0 Å². The molecule has 3 N–H and O–H groups in total. The van der Waals surface area contributed by atoms with Crippen molar-refractivity contribution in [1.82, 2.24) is 24.9 Å². The second kappa shape index (κ2) is 8.02. The van der Waals surface area contributed by atoms with Crippen LogP contribution in [0.3, 0.4) is 0 Å². The second-order valence-electron chi connectivity index (χ2n) is 7.62. The number of pyridine rings is 1. The Kier molecular flexibility index (Phi) is 5.60. The maximum atomic E-state index is 14.6. The topological polar surface area (TPSA) is 96.6 Å². The molecule has 4 rings (SSSR count). The molecule has 0 bridgehead atoms. The number of alkyl halides is 4. The minimum Gasteiger partial charge on any atom is -0.495 e. The van der Waals surface area contributed by atoms with E-state index in [2.05, 4.69) is 25.7 Å². The van der Waals surface area contributed by atoms with E-state index in [-0.39, 0.29) is 24.4 Å². The Morgan fingerprint density at radius 2 is 1.94 bits per heavy atom. The third-order valence-electron chi connectivity index (χ3n) is 5.33. The fourth-order valence-electron chi connectivity index (χ4n) is 3.40. The minimum atomic E-state index is -5.11. The third kappa shape index (κ3) is 3.93. The summed E-state index contributed by atoms with van der Waals surface area (Å²) in [5.41, 5.74) is -5.09. The molecule has 1 unspecified atom stereocenters. The number of hydrogen-bond donors (Lipinski definition) is 3. The van der Waals surface area contributed by atoms with Crippen molar-refractivity contribution in [3.8, 4) is 17.1 Å². The van der Waals surface area contributed by atoms with Crippen molar-refractivity contribution < 1.29 is 36.2 Å². The highest BCUT2D eigenvalue weighted by Gasteiger charge is 2.54. The summed E-state index contributed by atoms with van der Waals surface area (Å²) in [7, 11) is 1.09. The zero-order valence-electron chi connectivity index (χ0n) is 17.2. The Hall–Kier alpha value is -3.13. The van der Waals surface area contributed by atoms with Crippen molar-refractivity contribution in [1.29, 1.82) is 0 Å². The number of halogens is 6. The summed E-state index contributed by atoms with van der Waals surface area (Å²) < 4.78 is 88.9. The van der Waals surface area contributed by atoms with Gasteiger partial charge in [0, 0.05) is 25.2 Å². The van der Waals surface area contributed by atoms with Crippen LogP contribution in [0.4, 0.5) is 32.2 Å². The molecule has 3 aromatic rings. The van der Waals surface area contributed by atoms with Crippen LogP contribution in [0.15, 0.2) is 18.3 Å². The maximum absolute atomic E-state index is 14.6. The predicted octanol–water partition coefficient (Wildman–Crippen LogP) is 2.57. The molecule has 0 amide bonds. The van der Waals surface area contributed by atoms with E-state index in [0.717, 1.165) is 23.9 Å². The molecule has 4 heterocycles. The molecule has 33 heavy (non-hydrogen) atoms. The number of anilines is 1. The van der Waals surface area contributed by atoms with E-state index in [1.807, 2.05) is 0 Å². The van der Waals surface area contributed by atoms with E-state index in [9.17, 15) is 31.4 Å². The molecule has 8 nitrogen and oxygen atoms in total. The number of aromatic nitrogens is 4. The maximum Gasteiger partial charge on any atom is 0.422 e. The van der Waals surface area contributed by atoms with E-state index >= 15 is 0 Å². The van der Waals surface area contributed by atoms with Crippen LogP contribution in [-0.4, -0.2) is 63.3 Å².